The summed E-state index contributed by atoms with van der Waals surface area (Å²) >= 11 is 12.5. The molecule has 2 aliphatic heterocycles. The Morgan fingerprint density at radius 1 is 1.20 bits per heavy atom. The zero-order valence-corrected chi connectivity index (χ0v) is 25.8. The highest BCUT2D eigenvalue weighted by Gasteiger charge is 2.71. The minimum Gasteiger partial charge on any atom is -0.496 e. The van der Waals surface area contributed by atoms with Gasteiger partial charge in [0.25, 0.3) is 5.91 Å². The van der Waals surface area contributed by atoms with Gasteiger partial charge in [0, 0.05) is 33.3 Å². The SMILES string of the molecule is COC(=O)c1ccc([C@@H](O)C[C@H]2[C@@H]([N+](=O)[O-])[C@H](c3cccc(Cl)c3F)[C@]3(C(=O)Nc4cc(Cl)ccc43)N2CC2CC2)cc1OC. The molecule has 1 aliphatic carbocycles. The number of hydrogen-bond acceptors (Lipinski definition) is 8. The van der Waals surface area contributed by atoms with Crippen molar-refractivity contribution in [1.29, 1.82) is 0 Å². The Bertz CT molecular complexity index is 1700. The number of methoxy groups -OCH3 is 2. The van der Waals surface area contributed by atoms with Crippen LogP contribution >= 0.6 is 23.2 Å². The molecule has 0 bridgehead atoms. The number of fused-ring (bicyclic) bond motifs is 2. The van der Waals surface area contributed by atoms with E-state index in [-0.39, 0.29) is 34.2 Å². The van der Waals surface area contributed by atoms with Gasteiger partial charge in [-0.2, -0.15) is 0 Å². The van der Waals surface area contributed by atoms with Crippen molar-refractivity contribution in [3.05, 3.63) is 103 Å². The van der Waals surface area contributed by atoms with Crippen LogP contribution in [0.25, 0.3) is 0 Å². The number of esters is 1. The normalized spacial score (nSPS) is 24.8. The predicted molar refractivity (Wildman–Crippen MR) is 164 cm³/mol. The van der Waals surface area contributed by atoms with Gasteiger partial charge in [0.15, 0.2) is 0 Å². The Morgan fingerprint density at radius 2 is 1.96 bits per heavy atom. The van der Waals surface area contributed by atoms with Gasteiger partial charge in [-0.25, -0.2) is 9.18 Å². The molecule has 2 fully saturated rings. The van der Waals surface area contributed by atoms with E-state index in [1.807, 2.05) is 0 Å². The molecule has 0 radical (unpaired) electrons. The lowest BCUT2D eigenvalue weighted by atomic mass is 9.73. The van der Waals surface area contributed by atoms with Crippen LogP contribution in [0.1, 0.15) is 58.3 Å². The number of likely N-dealkylation sites (tertiary alicyclic amines) is 1. The van der Waals surface area contributed by atoms with Gasteiger partial charge < -0.3 is 19.9 Å². The van der Waals surface area contributed by atoms with Gasteiger partial charge in [-0.05, 0) is 61.1 Å². The second-order valence-corrected chi connectivity index (χ2v) is 12.5. The third-order valence-corrected chi connectivity index (χ3v) is 9.75. The third kappa shape index (κ3) is 5.11. The van der Waals surface area contributed by atoms with E-state index in [0.29, 0.717) is 28.4 Å². The molecule has 10 nitrogen and oxygen atoms in total. The molecule has 3 aliphatic rings. The number of carbonyl (C=O) groups excluding carboxylic acids is 2. The van der Waals surface area contributed by atoms with Crippen molar-refractivity contribution in [3.8, 4) is 5.75 Å². The van der Waals surface area contributed by atoms with Crippen molar-refractivity contribution in [1.82, 2.24) is 4.90 Å². The van der Waals surface area contributed by atoms with Crippen LogP contribution in [0.3, 0.4) is 0 Å². The summed E-state index contributed by atoms with van der Waals surface area (Å²) in [6.07, 6.45) is 0.259. The lowest BCUT2D eigenvalue weighted by Gasteiger charge is -2.39. The second kappa shape index (κ2) is 11.9. The molecule has 1 spiro atoms. The number of nitrogens with zero attached hydrogens (tertiary/aromatic N) is 2. The highest BCUT2D eigenvalue weighted by Crippen LogP contribution is 2.60. The van der Waals surface area contributed by atoms with Crippen LogP contribution in [0.5, 0.6) is 5.75 Å². The van der Waals surface area contributed by atoms with E-state index in [9.17, 15) is 24.8 Å². The van der Waals surface area contributed by atoms with E-state index in [0.717, 1.165) is 12.8 Å². The number of benzene rings is 3. The number of hydrogen-bond donors (Lipinski definition) is 2. The standard InChI is InChI=1S/C32H30Cl2FN3O7/c1-44-26-12-17(8-10-19(26)30(40)45-2)25(39)14-24-29(38(42)43)27(20-4-3-5-22(34)28(20)35)32(37(24)15-16-6-7-16)21-11-9-18(33)13-23(21)36-31(32)41/h3-5,8-13,16,24-25,27,29,39H,6-7,14-15H2,1-2H3,(H,36,41)/t24-,25-,27-,29+,32+/m0/s1. The maximum absolute atomic E-state index is 15.9. The molecule has 0 aromatic heterocycles. The highest BCUT2D eigenvalue weighted by molar-refractivity contribution is 6.31. The van der Waals surface area contributed by atoms with Crippen LogP contribution in [0.2, 0.25) is 10.0 Å². The monoisotopic (exact) mass is 657 g/mol. The number of rotatable bonds is 9. The fourth-order valence-corrected chi connectivity index (χ4v) is 7.45. The van der Waals surface area contributed by atoms with Gasteiger partial charge in [-0.1, -0.05) is 47.5 Å². The molecule has 2 heterocycles. The Kier molecular flexibility index (Phi) is 8.23. The summed E-state index contributed by atoms with van der Waals surface area (Å²) in [6.45, 7) is 0.306. The lowest BCUT2D eigenvalue weighted by molar-refractivity contribution is -0.528. The minimum atomic E-state index is -1.71. The number of halogens is 3. The fourth-order valence-electron chi connectivity index (χ4n) is 7.09. The maximum atomic E-state index is 15.9. The van der Waals surface area contributed by atoms with Gasteiger partial charge >= 0.3 is 5.97 Å². The third-order valence-electron chi connectivity index (χ3n) is 9.22. The zero-order valence-electron chi connectivity index (χ0n) is 24.3. The zero-order chi connectivity index (χ0) is 32.2. The van der Waals surface area contributed by atoms with E-state index < -0.39 is 52.3 Å². The molecule has 1 amide bonds. The van der Waals surface area contributed by atoms with Gasteiger partial charge in [0.2, 0.25) is 6.04 Å². The molecular formula is C32H30Cl2FN3O7. The second-order valence-electron chi connectivity index (χ2n) is 11.7. The predicted octanol–water partition coefficient (Wildman–Crippen LogP) is 5.72. The first-order valence-corrected chi connectivity index (χ1v) is 15.2. The minimum absolute atomic E-state index is 0.0657. The molecule has 6 rings (SSSR count). The number of aliphatic hydroxyl groups excluding tert-OH is 1. The highest BCUT2D eigenvalue weighted by atomic mass is 35.5. The number of nitro groups is 1. The van der Waals surface area contributed by atoms with E-state index in [1.54, 1.807) is 23.1 Å². The van der Waals surface area contributed by atoms with Crippen LogP contribution in [0, 0.1) is 21.8 Å². The molecule has 13 heteroatoms. The molecule has 2 N–H and O–H groups in total. The molecular weight excluding hydrogens is 628 g/mol. The van der Waals surface area contributed by atoms with Crippen molar-refractivity contribution >= 4 is 40.8 Å². The number of amides is 1. The first kappa shape index (κ1) is 31.2. The first-order valence-electron chi connectivity index (χ1n) is 14.4. The number of carbonyl (C=O) groups is 2. The Hall–Kier alpha value is -3.77. The first-order chi connectivity index (χ1) is 21.5. The number of aliphatic hydroxyl groups is 1. The van der Waals surface area contributed by atoms with E-state index in [2.05, 4.69) is 5.32 Å². The quantitative estimate of drug-likeness (QED) is 0.170. The molecule has 45 heavy (non-hydrogen) atoms. The van der Waals surface area contributed by atoms with Crippen LogP contribution in [-0.4, -0.2) is 59.7 Å². The molecule has 3 aromatic carbocycles. The van der Waals surface area contributed by atoms with E-state index >= 15 is 4.39 Å². The van der Waals surface area contributed by atoms with Crippen LogP contribution < -0.4 is 10.1 Å². The van der Waals surface area contributed by atoms with Gasteiger partial charge in [-0.3, -0.25) is 19.8 Å². The van der Waals surface area contributed by atoms with Gasteiger partial charge in [0.1, 0.15) is 22.7 Å². The van der Waals surface area contributed by atoms with Crippen molar-refractivity contribution in [3.63, 3.8) is 0 Å². The maximum Gasteiger partial charge on any atom is 0.341 e. The Labute approximate surface area is 268 Å². The number of ether oxygens (including phenoxy) is 2. The van der Waals surface area contributed by atoms with Crippen molar-refractivity contribution in [2.24, 2.45) is 5.92 Å². The van der Waals surface area contributed by atoms with E-state index in [1.165, 1.54) is 50.6 Å². The summed E-state index contributed by atoms with van der Waals surface area (Å²) in [5, 5.41) is 27.7. The summed E-state index contributed by atoms with van der Waals surface area (Å²) < 4.78 is 26.1. The lowest BCUT2D eigenvalue weighted by Crippen LogP contribution is -2.53. The van der Waals surface area contributed by atoms with Crippen molar-refractivity contribution in [2.45, 2.75) is 48.9 Å². The van der Waals surface area contributed by atoms with Crippen LogP contribution in [0.4, 0.5) is 10.1 Å². The summed E-state index contributed by atoms with van der Waals surface area (Å²) in [4.78, 5) is 41.0. The largest absolute Gasteiger partial charge is 0.496 e. The van der Waals surface area contributed by atoms with Gasteiger partial charge in [-0.15, -0.1) is 0 Å². The smallest absolute Gasteiger partial charge is 0.341 e. The Morgan fingerprint density at radius 3 is 2.62 bits per heavy atom. The van der Waals surface area contributed by atoms with Gasteiger partial charge in [0.05, 0.1) is 37.3 Å². The van der Waals surface area contributed by atoms with E-state index in [4.69, 9.17) is 32.7 Å². The number of anilines is 1. The molecule has 0 unspecified atom stereocenters. The molecule has 5 atom stereocenters. The average molecular weight is 659 g/mol. The van der Waals surface area contributed by atoms with Crippen LogP contribution in [0.15, 0.2) is 54.6 Å². The summed E-state index contributed by atoms with van der Waals surface area (Å²) in [5.74, 6) is -3.03. The summed E-state index contributed by atoms with van der Waals surface area (Å²) in [7, 11) is 2.60. The average Bonchev–Trinajstić information content (AvgIpc) is 3.74. The topological polar surface area (TPSA) is 131 Å². The summed E-state index contributed by atoms with van der Waals surface area (Å²) in [6, 6.07) is 11.0. The molecule has 3 aromatic rings. The van der Waals surface area contributed by atoms with Crippen molar-refractivity contribution < 1.29 is 33.5 Å². The fraction of sp³-hybridized carbons (Fsp3) is 0.375. The Balaban J connectivity index is 1.54. The molecule has 1 saturated heterocycles. The number of nitrogens with one attached hydrogen (secondary N) is 1. The summed E-state index contributed by atoms with van der Waals surface area (Å²) in [5.41, 5.74) is -0.472. The van der Waals surface area contributed by atoms with Crippen molar-refractivity contribution in [2.75, 3.05) is 26.1 Å². The molecule has 1 saturated carbocycles. The molecule has 236 valence electrons. The van der Waals surface area contributed by atoms with Crippen LogP contribution in [-0.2, 0) is 15.1 Å².